The molecule has 0 radical (unpaired) electrons. The maximum absolute atomic E-state index is 15.2. The van der Waals surface area contributed by atoms with E-state index in [1.165, 1.54) is 20.1 Å². The number of likely N-dealkylation sites (tertiary alicyclic amines) is 1. The fourth-order valence-corrected chi connectivity index (χ4v) is 5.11. The number of methoxy groups -OCH3 is 1. The van der Waals surface area contributed by atoms with Crippen molar-refractivity contribution in [2.45, 2.75) is 51.8 Å². The van der Waals surface area contributed by atoms with E-state index in [2.05, 4.69) is 25.1 Å². The van der Waals surface area contributed by atoms with Gasteiger partial charge in [-0.2, -0.15) is 0 Å². The summed E-state index contributed by atoms with van der Waals surface area (Å²) < 4.78 is 25.7. The van der Waals surface area contributed by atoms with Gasteiger partial charge in [0.05, 0.1) is 7.11 Å². The Kier molecular flexibility index (Phi) is 9.08. The summed E-state index contributed by atoms with van der Waals surface area (Å²) in [5.74, 6) is -1.22. The van der Waals surface area contributed by atoms with E-state index in [0.717, 1.165) is 40.7 Å². The molecule has 0 amide bonds. The Hall–Kier alpha value is -3.77. The van der Waals surface area contributed by atoms with E-state index in [-0.39, 0.29) is 5.82 Å². The molecule has 2 unspecified atom stereocenters. The third-order valence-electron chi connectivity index (χ3n) is 7.04. The zero-order chi connectivity index (χ0) is 27.1. The molecule has 5 nitrogen and oxygen atoms in total. The third kappa shape index (κ3) is 6.56. The molecule has 0 spiro atoms. The van der Waals surface area contributed by atoms with Gasteiger partial charge in [0.15, 0.2) is 0 Å². The highest BCUT2D eigenvalue weighted by molar-refractivity contribution is 5.78. The van der Waals surface area contributed by atoms with Gasteiger partial charge in [0.1, 0.15) is 18.0 Å². The second kappa shape index (κ2) is 12.7. The molecule has 1 fully saturated rings. The van der Waals surface area contributed by atoms with Crippen molar-refractivity contribution in [1.29, 1.82) is 0 Å². The van der Waals surface area contributed by atoms with Crippen LogP contribution in [-0.4, -0.2) is 42.6 Å². The van der Waals surface area contributed by atoms with Crippen LogP contribution in [0.15, 0.2) is 66.7 Å². The van der Waals surface area contributed by atoms with Crippen LogP contribution in [-0.2, 0) is 25.6 Å². The van der Waals surface area contributed by atoms with Crippen molar-refractivity contribution in [3.05, 3.63) is 94.8 Å². The van der Waals surface area contributed by atoms with Gasteiger partial charge in [-0.05, 0) is 66.6 Å². The largest absolute Gasteiger partial charge is 0.468 e. The van der Waals surface area contributed by atoms with Crippen LogP contribution >= 0.6 is 0 Å². The van der Waals surface area contributed by atoms with E-state index in [1.54, 1.807) is 12.1 Å². The second-order valence-corrected chi connectivity index (χ2v) is 9.66. The monoisotopic (exact) mass is 515 g/mol. The van der Waals surface area contributed by atoms with E-state index in [0.29, 0.717) is 25.1 Å². The SMILES string of the molecule is COC(=O)C1C(OC(C)=O)CCCCN1Cc1ccc(/C=C/c2cccc(-c3ccccc3)c2C)c(F)c1. The van der Waals surface area contributed by atoms with Crippen LogP contribution in [0.1, 0.15) is 48.4 Å². The Morgan fingerprint density at radius 2 is 1.76 bits per heavy atom. The lowest BCUT2D eigenvalue weighted by Crippen LogP contribution is -2.49. The average Bonchev–Trinajstić information content (AvgIpc) is 3.10. The number of nitrogens with zero attached hydrogens (tertiary/aromatic N) is 1. The van der Waals surface area contributed by atoms with Crippen molar-refractivity contribution < 1.29 is 23.5 Å². The van der Waals surface area contributed by atoms with Crippen LogP contribution in [0, 0.1) is 12.7 Å². The summed E-state index contributed by atoms with van der Waals surface area (Å²) in [5.41, 5.74) is 5.66. The van der Waals surface area contributed by atoms with Gasteiger partial charge in [-0.1, -0.05) is 72.8 Å². The Bertz CT molecular complexity index is 1300. The maximum atomic E-state index is 15.2. The molecule has 1 heterocycles. The first-order valence-electron chi connectivity index (χ1n) is 13.0. The van der Waals surface area contributed by atoms with Crippen molar-refractivity contribution >= 4 is 24.1 Å². The summed E-state index contributed by atoms with van der Waals surface area (Å²) >= 11 is 0. The third-order valence-corrected chi connectivity index (χ3v) is 7.04. The molecule has 3 aromatic rings. The van der Waals surface area contributed by atoms with Gasteiger partial charge < -0.3 is 9.47 Å². The fraction of sp³-hybridized carbons (Fsp3) is 0.312. The Morgan fingerprint density at radius 3 is 2.47 bits per heavy atom. The lowest BCUT2D eigenvalue weighted by Gasteiger charge is -2.32. The highest BCUT2D eigenvalue weighted by atomic mass is 19.1. The van der Waals surface area contributed by atoms with Gasteiger partial charge in [0.2, 0.25) is 0 Å². The van der Waals surface area contributed by atoms with Gasteiger partial charge in [-0.3, -0.25) is 14.5 Å². The molecule has 3 aromatic carbocycles. The normalized spacial score (nSPS) is 18.2. The lowest BCUT2D eigenvalue weighted by molar-refractivity contribution is -0.161. The van der Waals surface area contributed by atoms with Crippen molar-refractivity contribution in [1.82, 2.24) is 4.90 Å². The molecule has 38 heavy (non-hydrogen) atoms. The molecule has 1 aliphatic rings. The molecule has 0 aliphatic carbocycles. The molecule has 0 saturated carbocycles. The topological polar surface area (TPSA) is 55.8 Å². The number of benzene rings is 3. The molecular formula is C32H34FNO4. The van der Waals surface area contributed by atoms with Crippen molar-refractivity contribution in [2.24, 2.45) is 0 Å². The molecule has 0 bridgehead atoms. The van der Waals surface area contributed by atoms with Crippen molar-refractivity contribution in [3.8, 4) is 11.1 Å². The Balaban J connectivity index is 1.53. The summed E-state index contributed by atoms with van der Waals surface area (Å²) in [5, 5.41) is 0. The van der Waals surface area contributed by atoms with E-state index >= 15 is 4.39 Å². The number of hydrogen-bond acceptors (Lipinski definition) is 5. The number of halogens is 1. The minimum atomic E-state index is -0.728. The maximum Gasteiger partial charge on any atom is 0.326 e. The van der Waals surface area contributed by atoms with Crippen LogP contribution in [0.5, 0.6) is 0 Å². The first kappa shape index (κ1) is 27.3. The molecule has 0 N–H and O–H groups in total. The number of rotatable bonds is 7. The predicted molar refractivity (Wildman–Crippen MR) is 148 cm³/mol. The minimum Gasteiger partial charge on any atom is -0.468 e. The summed E-state index contributed by atoms with van der Waals surface area (Å²) in [6.45, 7) is 4.38. The minimum absolute atomic E-state index is 0.336. The molecule has 1 aliphatic heterocycles. The van der Waals surface area contributed by atoms with Gasteiger partial charge in [0.25, 0.3) is 0 Å². The molecule has 2 atom stereocenters. The average molecular weight is 516 g/mol. The first-order valence-corrected chi connectivity index (χ1v) is 13.0. The summed E-state index contributed by atoms with van der Waals surface area (Å²) in [4.78, 5) is 26.2. The van der Waals surface area contributed by atoms with E-state index < -0.39 is 24.1 Å². The lowest BCUT2D eigenvalue weighted by atomic mass is 9.96. The number of hydrogen-bond donors (Lipinski definition) is 0. The van der Waals surface area contributed by atoms with E-state index in [9.17, 15) is 9.59 Å². The zero-order valence-corrected chi connectivity index (χ0v) is 22.2. The second-order valence-electron chi connectivity index (χ2n) is 9.66. The molecule has 0 aromatic heterocycles. The highest BCUT2D eigenvalue weighted by Gasteiger charge is 2.38. The van der Waals surface area contributed by atoms with Gasteiger partial charge >= 0.3 is 11.9 Å². The smallest absolute Gasteiger partial charge is 0.326 e. The Labute approximate surface area is 223 Å². The zero-order valence-electron chi connectivity index (χ0n) is 22.2. The molecule has 4 rings (SSSR count). The quantitative estimate of drug-likeness (QED) is 0.268. The highest BCUT2D eigenvalue weighted by Crippen LogP contribution is 2.28. The summed E-state index contributed by atoms with van der Waals surface area (Å²) in [6.07, 6.45) is 5.38. The first-order chi connectivity index (χ1) is 18.4. The molecule has 6 heteroatoms. The number of carbonyl (C=O) groups is 2. The number of ether oxygens (including phenoxy) is 2. The Morgan fingerprint density at radius 1 is 1.00 bits per heavy atom. The van der Waals surface area contributed by atoms with Gasteiger partial charge in [0, 0.05) is 19.0 Å². The standard InChI is InChI=1S/C32H34FNO4/c1-22-25(12-9-13-28(22)26-10-5-4-6-11-26)17-18-27-16-15-24(20-29(27)33)21-34-19-8-7-14-30(38-23(2)35)31(34)32(36)37-3/h4-6,9-13,15-18,20,30-31H,7-8,14,19,21H2,1-3H3/b18-17+. The predicted octanol–water partition coefficient (Wildman–Crippen LogP) is 6.43. The van der Waals surface area contributed by atoms with E-state index in [4.69, 9.17) is 9.47 Å². The molecule has 198 valence electrons. The van der Waals surface area contributed by atoms with Crippen LogP contribution in [0.3, 0.4) is 0 Å². The van der Waals surface area contributed by atoms with Crippen molar-refractivity contribution in [3.63, 3.8) is 0 Å². The number of esters is 2. The van der Waals surface area contributed by atoms with E-state index in [1.807, 2.05) is 47.4 Å². The fourth-order valence-electron chi connectivity index (χ4n) is 5.11. The summed E-state index contributed by atoms with van der Waals surface area (Å²) in [7, 11) is 1.33. The van der Waals surface area contributed by atoms with Gasteiger partial charge in [-0.15, -0.1) is 0 Å². The van der Waals surface area contributed by atoms with Gasteiger partial charge in [-0.25, -0.2) is 4.39 Å². The van der Waals surface area contributed by atoms with Crippen LogP contribution < -0.4 is 0 Å². The molecule has 1 saturated heterocycles. The van der Waals surface area contributed by atoms with Crippen LogP contribution in [0.2, 0.25) is 0 Å². The summed E-state index contributed by atoms with van der Waals surface area (Å²) in [6, 6.07) is 20.7. The van der Waals surface area contributed by atoms with Crippen LogP contribution in [0.25, 0.3) is 23.3 Å². The van der Waals surface area contributed by atoms with Crippen LogP contribution in [0.4, 0.5) is 4.39 Å². The van der Waals surface area contributed by atoms with Crippen molar-refractivity contribution in [2.75, 3.05) is 13.7 Å². The number of carbonyl (C=O) groups excluding carboxylic acids is 2. The molecular weight excluding hydrogens is 481 g/mol.